The van der Waals surface area contributed by atoms with Gasteiger partial charge in [0, 0.05) is 34.4 Å². The summed E-state index contributed by atoms with van der Waals surface area (Å²) in [6.07, 6.45) is 1.81. The van der Waals surface area contributed by atoms with Crippen molar-refractivity contribution in [1.29, 1.82) is 0 Å². The smallest absolute Gasteiger partial charge is 0.254 e. The Balaban J connectivity index is 1.26. The first kappa shape index (κ1) is 21.7. The summed E-state index contributed by atoms with van der Waals surface area (Å²) in [5.41, 5.74) is 3.57. The largest absolute Gasteiger partial charge is 0.343 e. The van der Waals surface area contributed by atoms with Crippen LogP contribution in [0.1, 0.15) is 22.3 Å². The maximum Gasteiger partial charge on any atom is 0.254 e. The quantitative estimate of drug-likeness (QED) is 0.401. The molecule has 1 aliphatic heterocycles. The molecule has 0 saturated carbocycles. The molecule has 1 aliphatic rings. The zero-order chi connectivity index (χ0) is 23.7. The number of para-hydroxylation sites is 1. The number of amides is 3. The highest BCUT2D eigenvalue weighted by Gasteiger charge is 2.29. The van der Waals surface area contributed by atoms with E-state index in [1.54, 1.807) is 24.3 Å². The summed E-state index contributed by atoms with van der Waals surface area (Å²) in [7, 11) is 0. The molecule has 7 nitrogen and oxygen atoms in total. The lowest BCUT2D eigenvalue weighted by Crippen LogP contribution is -2.43. The molecule has 0 unspecified atom stereocenters. The molecule has 0 radical (unpaired) electrons. The summed E-state index contributed by atoms with van der Waals surface area (Å²) in [6, 6.07) is 21.1. The Morgan fingerprint density at radius 3 is 2.62 bits per heavy atom. The van der Waals surface area contributed by atoms with Crippen LogP contribution in [-0.4, -0.2) is 28.3 Å². The van der Waals surface area contributed by atoms with Crippen LogP contribution in [0.25, 0.3) is 10.9 Å². The van der Waals surface area contributed by atoms with Crippen LogP contribution in [-0.2, 0) is 16.1 Å². The van der Waals surface area contributed by atoms with Crippen molar-refractivity contribution in [3.05, 3.63) is 95.1 Å². The Morgan fingerprint density at radius 2 is 1.79 bits per heavy atom. The third-order valence-corrected chi connectivity index (χ3v) is 6.01. The minimum absolute atomic E-state index is 0.179. The minimum Gasteiger partial charge on any atom is -0.343 e. The molecule has 1 aromatic heterocycles. The average Bonchev–Trinajstić information content (AvgIpc) is 3.17. The first-order chi connectivity index (χ1) is 16.5. The lowest BCUT2D eigenvalue weighted by atomic mass is 10.1. The molecular formula is C26H21ClN4O3. The van der Waals surface area contributed by atoms with Crippen molar-refractivity contribution in [3.8, 4) is 0 Å². The summed E-state index contributed by atoms with van der Waals surface area (Å²) in [5.74, 6) is -1.19. The van der Waals surface area contributed by atoms with E-state index < -0.39 is 17.9 Å². The van der Waals surface area contributed by atoms with Crippen LogP contribution in [0.4, 0.5) is 11.4 Å². The fourth-order valence-corrected chi connectivity index (χ4v) is 4.18. The molecule has 3 N–H and O–H groups in total. The summed E-state index contributed by atoms with van der Waals surface area (Å²) in [6.45, 7) is 0.700. The van der Waals surface area contributed by atoms with Crippen molar-refractivity contribution in [2.75, 3.05) is 10.6 Å². The molecule has 0 aliphatic carbocycles. The van der Waals surface area contributed by atoms with Gasteiger partial charge in [-0.3, -0.25) is 14.4 Å². The van der Waals surface area contributed by atoms with Crippen molar-refractivity contribution in [1.82, 2.24) is 9.88 Å². The topological polar surface area (TPSA) is 92.2 Å². The van der Waals surface area contributed by atoms with Crippen molar-refractivity contribution in [2.45, 2.75) is 19.0 Å². The van der Waals surface area contributed by atoms with Crippen molar-refractivity contribution in [2.24, 2.45) is 0 Å². The highest BCUT2D eigenvalue weighted by atomic mass is 35.5. The number of halogens is 1. The van der Waals surface area contributed by atoms with E-state index in [-0.39, 0.29) is 12.3 Å². The van der Waals surface area contributed by atoms with Crippen LogP contribution >= 0.6 is 11.6 Å². The Kier molecular flexibility index (Phi) is 5.77. The van der Waals surface area contributed by atoms with Gasteiger partial charge in [-0.2, -0.15) is 0 Å². The number of anilines is 2. The Morgan fingerprint density at radius 1 is 1.00 bits per heavy atom. The molecule has 2 heterocycles. The monoisotopic (exact) mass is 472 g/mol. The SMILES string of the molecule is O=C(C[C@H]1NC(=O)c2ccccc2NC1=O)Nc1ccc2c(ccn2Cc2ccc(Cl)cc2)c1. The number of rotatable bonds is 5. The number of hydrogen-bond donors (Lipinski definition) is 3. The molecule has 3 aromatic carbocycles. The number of carbonyl (C=O) groups excluding carboxylic acids is 3. The van der Waals surface area contributed by atoms with Crippen LogP contribution in [0.5, 0.6) is 0 Å². The summed E-state index contributed by atoms with van der Waals surface area (Å²) in [5, 5.41) is 9.85. The van der Waals surface area contributed by atoms with Gasteiger partial charge in [0.15, 0.2) is 0 Å². The number of nitrogens with one attached hydrogen (secondary N) is 3. The number of benzene rings is 3. The van der Waals surface area contributed by atoms with E-state index in [1.165, 1.54) is 0 Å². The molecule has 0 bridgehead atoms. The van der Waals surface area contributed by atoms with Gasteiger partial charge in [-0.15, -0.1) is 0 Å². The van der Waals surface area contributed by atoms with Gasteiger partial charge >= 0.3 is 0 Å². The zero-order valence-corrected chi connectivity index (χ0v) is 18.8. The number of fused-ring (bicyclic) bond motifs is 2. The summed E-state index contributed by atoms with van der Waals surface area (Å²) in [4.78, 5) is 37.7. The highest BCUT2D eigenvalue weighted by molar-refractivity contribution is 6.30. The Bertz CT molecular complexity index is 1410. The van der Waals surface area contributed by atoms with Gasteiger partial charge in [0.2, 0.25) is 11.8 Å². The van der Waals surface area contributed by atoms with Crippen LogP contribution in [0.3, 0.4) is 0 Å². The molecule has 3 amide bonds. The van der Waals surface area contributed by atoms with Gasteiger partial charge in [0.05, 0.1) is 17.7 Å². The molecule has 0 spiro atoms. The normalized spacial score (nSPS) is 15.3. The van der Waals surface area contributed by atoms with Crippen LogP contribution < -0.4 is 16.0 Å². The van der Waals surface area contributed by atoms with Crippen LogP contribution in [0.15, 0.2) is 79.0 Å². The molecule has 4 aromatic rings. The van der Waals surface area contributed by atoms with Gasteiger partial charge in [0.1, 0.15) is 6.04 Å². The minimum atomic E-state index is -0.968. The molecule has 5 rings (SSSR count). The van der Waals surface area contributed by atoms with Gasteiger partial charge in [-0.1, -0.05) is 35.9 Å². The van der Waals surface area contributed by atoms with Crippen molar-refractivity contribution < 1.29 is 14.4 Å². The maximum atomic E-state index is 12.7. The molecule has 0 saturated heterocycles. The molecule has 34 heavy (non-hydrogen) atoms. The van der Waals surface area contributed by atoms with E-state index in [4.69, 9.17) is 11.6 Å². The molecule has 170 valence electrons. The van der Waals surface area contributed by atoms with Gasteiger partial charge in [-0.05, 0) is 54.1 Å². The highest BCUT2D eigenvalue weighted by Crippen LogP contribution is 2.23. The zero-order valence-electron chi connectivity index (χ0n) is 18.0. The summed E-state index contributed by atoms with van der Waals surface area (Å²) >= 11 is 5.97. The predicted octanol–water partition coefficient (Wildman–Crippen LogP) is 4.42. The lowest BCUT2D eigenvalue weighted by molar-refractivity contribution is -0.122. The van der Waals surface area contributed by atoms with Crippen LogP contribution in [0, 0.1) is 0 Å². The number of carbonyl (C=O) groups is 3. The lowest BCUT2D eigenvalue weighted by Gasteiger charge is -2.14. The fourth-order valence-electron chi connectivity index (χ4n) is 4.05. The van der Waals surface area contributed by atoms with Crippen molar-refractivity contribution in [3.63, 3.8) is 0 Å². The number of hydrogen-bond acceptors (Lipinski definition) is 3. The molecule has 8 heteroatoms. The van der Waals surface area contributed by atoms with E-state index in [0.717, 1.165) is 16.5 Å². The summed E-state index contributed by atoms with van der Waals surface area (Å²) < 4.78 is 2.12. The van der Waals surface area contributed by atoms with E-state index in [2.05, 4.69) is 20.5 Å². The van der Waals surface area contributed by atoms with E-state index in [1.807, 2.05) is 54.7 Å². The molecule has 0 fully saturated rings. The Labute approximate surface area is 200 Å². The molecular weight excluding hydrogens is 452 g/mol. The van der Waals surface area contributed by atoms with Gasteiger partial charge in [-0.25, -0.2) is 0 Å². The average molecular weight is 473 g/mol. The number of nitrogens with zero attached hydrogens (tertiary/aromatic N) is 1. The second-order valence-corrected chi connectivity index (χ2v) is 8.59. The third kappa shape index (κ3) is 4.51. The standard InChI is InChI=1S/C26H21ClN4O3/c27-18-7-5-16(6-8-18)15-31-12-11-17-13-19(9-10-23(17)31)28-24(32)14-22-26(34)29-21-4-2-1-3-20(21)25(33)30-22/h1-13,22H,14-15H2,(H,28,32)(H,29,34)(H,30,33)/t22-/m1/s1. The first-order valence-corrected chi connectivity index (χ1v) is 11.2. The predicted molar refractivity (Wildman–Crippen MR) is 132 cm³/mol. The van der Waals surface area contributed by atoms with E-state index >= 15 is 0 Å². The second kappa shape index (κ2) is 9.03. The van der Waals surface area contributed by atoms with Gasteiger partial charge < -0.3 is 20.5 Å². The second-order valence-electron chi connectivity index (χ2n) is 8.16. The maximum absolute atomic E-state index is 12.7. The first-order valence-electron chi connectivity index (χ1n) is 10.8. The van der Waals surface area contributed by atoms with Crippen molar-refractivity contribution >= 4 is 51.6 Å². The third-order valence-electron chi connectivity index (χ3n) is 5.76. The molecule has 1 atom stereocenters. The van der Waals surface area contributed by atoms with E-state index in [9.17, 15) is 14.4 Å². The van der Waals surface area contributed by atoms with Crippen LogP contribution in [0.2, 0.25) is 5.02 Å². The fraction of sp³-hybridized carbons (Fsp3) is 0.115. The van der Waals surface area contributed by atoms with Gasteiger partial charge in [0.25, 0.3) is 5.91 Å². The van der Waals surface area contributed by atoms with E-state index in [0.29, 0.717) is 28.5 Å². The number of aromatic nitrogens is 1. The Hall–Kier alpha value is -4.10.